The quantitative estimate of drug-likeness (QED) is 0.271. The molecule has 0 heterocycles. The van der Waals surface area contributed by atoms with E-state index in [1.54, 1.807) is 13.0 Å². The SMILES string of the molecule is CCCC(=O)Oc1ccc(C[C@H](N)C(=O)O[C@@H](C)COC(=O)OCC(C)CC)cc1OC(=O)CCC. The fourth-order valence-corrected chi connectivity index (χ4v) is 2.81. The highest BCUT2D eigenvalue weighted by Gasteiger charge is 2.21. The zero-order valence-electron chi connectivity index (χ0n) is 21.9. The van der Waals surface area contributed by atoms with Crippen molar-refractivity contribution >= 4 is 24.1 Å². The lowest BCUT2D eigenvalue weighted by atomic mass is 10.1. The molecule has 0 saturated carbocycles. The third kappa shape index (κ3) is 12.0. The molecule has 0 bridgehead atoms. The number of carbonyl (C=O) groups is 4. The third-order valence-electron chi connectivity index (χ3n) is 5.06. The van der Waals surface area contributed by atoms with Crippen molar-refractivity contribution in [3.8, 4) is 11.5 Å². The number of hydrogen-bond donors (Lipinski definition) is 1. The van der Waals surface area contributed by atoms with E-state index in [1.165, 1.54) is 12.1 Å². The molecule has 1 rings (SSSR count). The van der Waals surface area contributed by atoms with Crippen molar-refractivity contribution in [2.75, 3.05) is 13.2 Å². The highest BCUT2D eigenvalue weighted by Crippen LogP contribution is 2.30. The molecule has 0 aliphatic heterocycles. The third-order valence-corrected chi connectivity index (χ3v) is 5.06. The molecule has 1 aromatic rings. The van der Waals surface area contributed by atoms with Crippen LogP contribution < -0.4 is 15.2 Å². The molecule has 0 aliphatic carbocycles. The molecule has 2 N–H and O–H groups in total. The van der Waals surface area contributed by atoms with Gasteiger partial charge < -0.3 is 29.4 Å². The van der Waals surface area contributed by atoms with Gasteiger partial charge in [-0.2, -0.15) is 0 Å². The monoisotopic (exact) mass is 509 g/mol. The molecule has 1 unspecified atom stereocenters. The summed E-state index contributed by atoms with van der Waals surface area (Å²) in [6.45, 7) is 9.27. The standard InChI is InChI=1S/C26H39NO9/c1-6-9-23(28)35-21-12-11-19(14-22(21)36-24(29)10-7-2)13-20(27)25(30)34-18(5)16-33-26(31)32-15-17(4)8-3/h11-12,14,17-18,20H,6-10,13,15-16,27H2,1-5H3/t17?,18-,20-/m0/s1. The Morgan fingerprint density at radius 2 is 1.44 bits per heavy atom. The predicted octanol–water partition coefficient (Wildman–Crippen LogP) is 4.10. The molecule has 1 aromatic carbocycles. The van der Waals surface area contributed by atoms with E-state index in [9.17, 15) is 19.2 Å². The Hall–Kier alpha value is -3.14. The van der Waals surface area contributed by atoms with Gasteiger partial charge in [0.1, 0.15) is 18.8 Å². The average molecular weight is 510 g/mol. The van der Waals surface area contributed by atoms with Crippen molar-refractivity contribution in [3.05, 3.63) is 23.8 Å². The first-order chi connectivity index (χ1) is 17.1. The van der Waals surface area contributed by atoms with E-state index in [4.69, 9.17) is 29.4 Å². The van der Waals surface area contributed by atoms with Gasteiger partial charge in [0, 0.05) is 12.8 Å². The summed E-state index contributed by atoms with van der Waals surface area (Å²) in [5.74, 6) is -1.20. The molecule has 0 radical (unpaired) electrons. The van der Waals surface area contributed by atoms with E-state index in [1.807, 2.05) is 27.7 Å². The number of ether oxygens (including phenoxy) is 5. The second kappa shape index (κ2) is 16.5. The number of nitrogens with two attached hydrogens (primary N) is 1. The normalized spacial score (nSPS) is 13.2. The number of carbonyl (C=O) groups excluding carboxylic acids is 4. The maximum Gasteiger partial charge on any atom is 0.508 e. The van der Waals surface area contributed by atoms with Gasteiger partial charge in [0.2, 0.25) is 0 Å². The first kappa shape index (κ1) is 30.9. The lowest BCUT2D eigenvalue weighted by Crippen LogP contribution is -2.37. The average Bonchev–Trinajstić information content (AvgIpc) is 2.82. The van der Waals surface area contributed by atoms with Gasteiger partial charge in [0.25, 0.3) is 0 Å². The van der Waals surface area contributed by atoms with Gasteiger partial charge in [-0.05, 0) is 49.8 Å². The minimum absolute atomic E-state index is 0.0743. The summed E-state index contributed by atoms with van der Waals surface area (Å²) >= 11 is 0. The van der Waals surface area contributed by atoms with E-state index < -0.39 is 36.2 Å². The van der Waals surface area contributed by atoms with Gasteiger partial charge in [-0.3, -0.25) is 14.4 Å². The first-order valence-corrected chi connectivity index (χ1v) is 12.4. The lowest BCUT2D eigenvalue weighted by molar-refractivity contribution is -0.152. The van der Waals surface area contributed by atoms with E-state index in [-0.39, 0.29) is 49.9 Å². The van der Waals surface area contributed by atoms with E-state index in [2.05, 4.69) is 0 Å². The van der Waals surface area contributed by atoms with Gasteiger partial charge >= 0.3 is 24.1 Å². The van der Waals surface area contributed by atoms with Crippen molar-refractivity contribution in [1.82, 2.24) is 0 Å². The van der Waals surface area contributed by atoms with Gasteiger partial charge in [0.15, 0.2) is 11.5 Å². The zero-order valence-corrected chi connectivity index (χ0v) is 21.9. The Labute approximate surface area is 212 Å². The van der Waals surface area contributed by atoms with Crippen LogP contribution in [0.4, 0.5) is 4.79 Å². The maximum absolute atomic E-state index is 12.4. The molecular formula is C26H39NO9. The molecule has 0 saturated heterocycles. The molecule has 10 nitrogen and oxygen atoms in total. The highest BCUT2D eigenvalue weighted by molar-refractivity contribution is 5.77. The maximum atomic E-state index is 12.4. The van der Waals surface area contributed by atoms with Crippen molar-refractivity contribution < 1.29 is 42.9 Å². The van der Waals surface area contributed by atoms with E-state index >= 15 is 0 Å². The molecule has 0 aromatic heterocycles. The van der Waals surface area contributed by atoms with Crippen LogP contribution in [0.1, 0.15) is 72.3 Å². The summed E-state index contributed by atoms with van der Waals surface area (Å²) in [6, 6.07) is 3.60. The van der Waals surface area contributed by atoms with Crippen LogP contribution in [0.2, 0.25) is 0 Å². The first-order valence-electron chi connectivity index (χ1n) is 12.4. The Morgan fingerprint density at radius 3 is 2.03 bits per heavy atom. The van der Waals surface area contributed by atoms with Crippen LogP contribution in [0.25, 0.3) is 0 Å². The van der Waals surface area contributed by atoms with E-state index in [0.717, 1.165) is 6.42 Å². The largest absolute Gasteiger partial charge is 0.508 e. The minimum Gasteiger partial charge on any atom is -0.458 e. The fourth-order valence-electron chi connectivity index (χ4n) is 2.81. The molecule has 0 spiro atoms. The lowest BCUT2D eigenvalue weighted by Gasteiger charge is -2.18. The van der Waals surface area contributed by atoms with Crippen molar-refractivity contribution in [3.63, 3.8) is 0 Å². The molecule has 36 heavy (non-hydrogen) atoms. The Morgan fingerprint density at radius 1 is 0.861 bits per heavy atom. The van der Waals surface area contributed by atoms with Gasteiger partial charge in [0.05, 0.1) is 6.61 Å². The highest BCUT2D eigenvalue weighted by atomic mass is 16.7. The molecule has 10 heteroatoms. The van der Waals surface area contributed by atoms with Crippen LogP contribution in [-0.4, -0.2) is 49.4 Å². The van der Waals surface area contributed by atoms with Crippen molar-refractivity contribution in [1.29, 1.82) is 0 Å². The molecule has 0 aliphatic rings. The summed E-state index contributed by atoms with van der Waals surface area (Å²) < 4.78 is 25.9. The zero-order chi connectivity index (χ0) is 27.1. The number of hydrogen-bond acceptors (Lipinski definition) is 10. The Bertz CT molecular complexity index is 871. The Balaban J connectivity index is 2.72. The molecule has 202 valence electrons. The summed E-state index contributed by atoms with van der Waals surface area (Å²) in [5, 5.41) is 0. The van der Waals surface area contributed by atoms with Crippen molar-refractivity contribution in [2.45, 2.75) is 85.3 Å². The molecule has 0 fully saturated rings. The van der Waals surface area contributed by atoms with Gasteiger partial charge in [-0.1, -0.05) is 40.2 Å². The van der Waals surface area contributed by atoms with Crippen LogP contribution >= 0.6 is 0 Å². The number of rotatable bonds is 15. The summed E-state index contributed by atoms with van der Waals surface area (Å²) in [7, 11) is 0. The summed E-state index contributed by atoms with van der Waals surface area (Å²) in [4.78, 5) is 48.0. The predicted molar refractivity (Wildman–Crippen MR) is 132 cm³/mol. The molecule has 0 amide bonds. The second-order valence-electron chi connectivity index (χ2n) is 8.67. The topological polar surface area (TPSA) is 140 Å². The second-order valence-corrected chi connectivity index (χ2v) is 8.67. The van der Waals surface area contributed by atoms with E-state index in [0.29, 0.717) is 18.4 Å². The molecular weight excluding hydrogens is 470 g/mol. The Kier molecular flexibility index (Phi) is 14.2. The van der Waals surface area contributed by atoms with Gasteiger partial charge in [-0.15, -0.1) is 0 Å². The smallest absolute Gasteiger partial charge is 0.458 e. The summed E-state index contributed by atoms with van der Waals surface area (Å²) in [5.41, 5.74) is 6.58. The fraction of sp³-hybridized carbons (Fsp3) is 0.615. The van der Waals surface area contributed by atoms with Crippen LogP contribution in [-0.2, 0) is 35.0 Å². The van der Waals surface area contributed by atoms with Crippen LogP contribution in [0.3, 0.4) is 0 Å². The minimum atomic E-state index is -1.03. The van der Waals surface area contributed by atoms with Gasteiger partial charge in [-0.25, -0.2) is 4.79 Å². The number of esters is 3. The van der Waals surface area contributed by atoms with Crippen LogP contribution in [0, 0.1) is 5.92 Å². The van der Waals surface area contributed by atoms with Crippen molar-refractivity contribution in [2.24, 2.45) is 11.7 Å². The van der Waals surface area contributed by atoms with Crippen LogP contribution in [0.15, 0.2) is 18.2 Å². The number of benzene rings is 1. The molecule has 3 atom stereocenters. The van der Waals surface area contributed by atoms with Crippen LogP contribution in [0.5, 0.6) is 11.5 Å². The summed E-state index contributed by atoms with van der Waals surface area (Å²) in [6.07, 6.45) is 1.01.